The van der Waals surface area contributed by atoms with E-state index in [2.05, 4.69) is 10.3 Å². The second-order valence-electron chi connectivity index (χ2n) is 3.88. The number of hydrogen-bond donors (Lipinski definition) is 3. The number of ether oxygens (including phenoxy) is 1. The molecule has 0 spiro atoms. The fourth-order valence-corrected chi connectivity index (χ4v) is 1.59. The smallest absolute Gasteiger partial charge is 0.423 e. The Morgan fingerprint density at radius 2 is 2.11 bits per heavy atom. The van der Waals surface area contributed by atoms with E-state index in [1.807, 2.05) is 0 Å². The molecule has 2 rings (SSSR count). The van der Waals surface area contributed by atoms with Crippen LogP contribution in [-0.2, 0) is 4.74 Å². The summed E-state index contributed by atoms with van der Waals surface area (Å²) in [4.78, 5) is 17.4. The van der Waals surface area contributed by atoms with Gasteiger partial charge in [0.25, 0.3) is 0 Å². The molecule has 0 atom stereocenters. The number of aromatic nitrogens is 1. The maximum absolute atomic E-state index is 11.8. The van der Waals surface area contributed by atoms with Crippen LogP contribution in [0, 0.1) is 0 Å². The van der Waals surface area contributed by atoms with Gasteiger partial charge in [-0.15, -0.1) is 0 Å². The van der Waals surface area contributed by atoms with Crippen LogP contribution in [0.2, 0.25) is 0 Å². The lowest BCUT2D eigenvalue weighted by molar-refractivity contribution is 0.0564. The molecule has 1 aliphatic rings. The minimum absolute atomic E-state index is 0.233. The predicted octanol–water partition coefficient (Wildman–Crippen LogP) is -1.37. The fourth-order valence-electron chi connectivity index (χ4n) is 1.59. The molecule has 0 saturated carbocycles. The van der Waals surface area contributed by atoms with Crippen LogP contribution < -0.4 is 10.8 Å². The minimum atomic E-state index is -1.55. The van der Waals surface area contributed by atoms with Crippen LogP contribution >= 0.6 is 0 Å². The van der Waals surface area contributed by atoms with Crippen molar-refractivity contribution in [3.8, 4) is 0 Å². The topological polar surface area (TPSA) is 94.9 Å². The van der Waals surface area contributed by atoms with E-state index in [0.29, 0.717) is 32.1 Å². The standard InChI is InChI=1S/C10H14BN3O4/c15-10(14-3-5-18-6-4-14)13-9-2-1-8(7-12-9)11(16)17/h1-2,7,16-17H,3-6H2,(H,12,13,15). The van der Waals surface area contributed by atoms with Crippen LogP contribution in [0.1, 0.15) is 0 Å². The summed E-state index contributed by atoms with van der Waals surface area (Å²) in [6.07, 6.45) is 1.31. The summed E-state index contributed by atoms with van der Waals surface area (Å²) in [7, 11) is -1.55. The van der Waals surface area contributed by atoms with Crippen molar-refractivity contribution in [3.63, 3.8) is 0 Å². The summed E-state index contributed by atoms with van der Waals surface area (Å²) in [5.74, 6) is 0.371. The van der Waals surface area contributed by atoms with Gasteiger partial charge in [-0.25, -0.2) is 9.78 Å². The van der Waals surface area contributed by atoms with E-state index < -0.39 is 7.12 Å². The molecule has 0 aromatic carbocycles. The molecule has 7 nitrogen and oxygen atoms in total. The van der Waals surface area contributed by atoms with Gasteiger partial charge in [-0.1, -0.05) is 6.07 Å². The molecule has 2 heterocycles. The van der Waals surface area contributed by atoms with Crippen LogP contribution in [0.25, 0.3) is 0 Å². The third-order valence-electron chi connectivity index (χ3n) is 2.62. The zero-order valence-electron chi connectivity index (χ0n) is 9.74. The van der Waals surface area contributed by atoms with E-state index >= 15 is 0 Å². The number of amides is 2. The SMILES string of the molecule is O=C(Nc1ccc(B(O)O)cn1)N1CCOCC1. The molecule has 0 radical (unpaired) electrons. The number of carbonyl (C=O) groups excluding carboxylic acids is 1. The van der Waals surface area contributed by atoms with Crippen LogP contribution in [0.5, 0.6) is 0 Å². The Labute approximate surface area is 105 Å². The van der Waals surface area contributed by atoms with Crippen LogP contribution in [0.3, 0.4) is 0 Å². The number of nitrogens with zero attached hydrogens (tertiary/aromatic N) is 2. The summed E-state index contributed by atoms with van der Waals surface area (Å²) >= 11 is 0. The summed E-state index contributed by atoms with van der Waals surface area (Å²) in [6, 6.07) is 2.78. The van der Waals surface area contributed by atoms with Gasteiger partial charge in [0, 0.05) is 24.7 Å². The highest BCUT2D eigenvalue weighted by Crippen LogP contribution is 2.04. The molecule has 1 fully saturated rings. The zero-order valence-corrected chi connectivity index (χ0v) is 9.74. The average Bonchev–Trinajstić information content (AvgIpc) is 2.40. The van der Waals surface area contributed by atoms with Gasteiger partial charge in [0.1, 0.15) is 5.82 Å². The largest absolute Gasteiger partial charge is 0.490 e. The molecular formula is C10H14BN3O4. The Kier molecular flexibility index (Phi) is 4.13. The van der Waals surface area contributed by atoms with E-state index in [4.69, 9.17) is 14.8 Å². The molecule has 0 bridgehead atoms. The molecule has 0 unspecified atom stereocenters. The average molecular weight is 251 g/mol. The Bertz CT molecular complexity index is 406. The second kappa shape index (κ2) is 5.81. The number of hydrogen-bond acceptors (Lipinski definition) is 5. The quantitative estimate of drug-likeness (QED) is 0.563. The normalized spacial score (nSPS) is 15.3. The summed E-state index contributed by atoms with van der Waals surface area (Å²) in [5.41, 5.74) is 0.277. The van der Waals surface area contributed by atoms with Crippen LogP contribution in [0.4, 0.5) is 10.6 Å². The van der Waals surface area contributed by atoms with E-state index in [1.54, 1.807) is 4.90 Å². The van der Waals surface area contributed by atoms with Crippen molar-refractivity contribution in [1.29, 1.82) is 0 Å². The van der Waals surface area contributed by atoms with Crippen molar-refractivity contribution in [2.24, 2.45) is 0 Å². The first-order valence-corrected chi connectivity index (χ1v) is 5.62. The molecular weight excluding hydrogens is 237 g/mol. The van der Waals surface area contributed by atoms with Crippen molar-refractivity contribution in [2.75, 3.05) is 31.6 Å². The Balaban J connectivity index is 1.94. The fraction of sp³-hybridized carbons (Fsp3) is 0.400. The molecule has 8 heteroatoms. The van der Waals surface area contributed by atoms with Crippen LogP contribution in [-0.4, -0.2) is 59.4 Å². The number of anilines is 1. The van der Waals surface area contributed by atoms with Gasteiger partial charge < -0.3 is 19.7 Å². The number of nitrogens with one attached hydrogen (secondary N) is 1. The van der Waals surface area contributed by atoms with E-state index in [0.717, 1.165) is 0 Å². The van der Waals surface area contributed by atoms with Gasteiger partial charge in [-0.3, -0.25) is 5.32 Å². The Morgan fingerprint density at radius 3 is 2.67 bits per heavy atom. The van der Waals surface area contributed by atoms with Crippen LogP contribution in [0.15, 0.2) is 18.3 Å². The minimum Gasteiger partial charge on any atom is -0.423 e. The highest BCUT2D eigenvalue weighted by molar-refractivity contribution is 6.58. The molecule has 0 aliphatic carbocycles. The van der Waals surface area contributed by atoms with E-state index in [-0.39, 0.29) is 11.5 Å². The Morgan fingerprint density at radius 1 is 1.39 bits per heavy atom. The first kappa shape index (κ1) is 12.8. The maximum atomic E-state index is 11.8. The highest BCUT2D eigenvalue weighted by atomic mass is 16.5. The third kappa shape index (κ3) is 3.19. The van der Waals surface area contributed by atoms with Gasteiger partial charge in [-0.05, 0) is 6.07 Å². The van der Waals surface area contributed by atoms with Crippen molar-refractivity contribution in [2.45, 2.75) is 0 Å². The first-order valence-electron chi connectivity index (χ1n) is 5.62. The monoisotopic (exact) mass is 251 g/mol. The van der Waals surface area contributed by atoms with E-state index in [9.17, 15) is 4.79 Å². The first-order chi connectivity index (χ1) is 8.66. The Hall–Kier alpha value is -1.64. The number of morpholine rings is 1. The number of pyridine rings is 1. The summed E-state index contributed by atoms with van der Waals surface area (Å²) in [5, 5.41) is 20.4. The zero-order chi connectivity index (χ0) is 13.0. The van der Waals surface area contributed by atoms with Gasteiger partial charge in [-0.2, -0.15) is 0 Å². The van der Waals surface area contributed by atoms with Crippen molar-refractivity contribution in [1.82, 2.24) is 9.88 Å². The molecule has 1 saturated heterocycles. The number of urea groups is 1. The predicted molar refractivity (Wildman–Crippen MR) is 65.5 cm³/mol. The van der Waals surface area contributed by atoms with Gasteiger partial charge >= 0.3 is 13.1 Å². The lowest BCUT2D eigenvalue weighted by Gasteiger charge is -2.26. The molecule has 18 heavy (non-hydrogen) atoms. The number of carbonyl (C=O) groups is 1. The lowest BCUT2D eigenvalue weighted by atomic mass is 9.82. The van der Waals surface area contributed by atoms with Crippen molar-refractivity contribution < 1.29 is 19.6 Å². The van der Waals surface area contributed by atoms with Gasteiger partial charge in [0.2, 0.25) is 0 Å². The molecule has 1 aliphatic heterocycles. The summed E-state index contributed by atoms with van der Waals surface area (Å²) < 4.78 is 5.15. The van der Waals surface area contributed by atoms with Crippen molar-refractivity contribution in [3.05, 3.63) is 18.3 Å². The molecule has 3 N–H and O–H groups in total. The molecule has 1 aromatic rings. The van der Waals surface area contributed by atoms with Gasteiger partial charge in [0.05, 0.1) is 13.2 Å². The second-order valence-corrected chi connectivity index (χ2v) is 3.88. The highest BCUT2D eigenvalue weighted by Gasteiger charge is 2.17. The molecule has 1 aromatic heterocycles. The van der Waals surface area contributed by atoms with Gasteiger partial charge in [0.15, 0.2) is 0 Å². The number of rotatable bonds is 2. The molecule has 96 valence electrons. The third-order valence-corrected chi connectivity index (χ3v) is 2.62. The van der Waals surface area contributed by atoms with Crippen molar-refractivity contribution >= 4 is 24.4 Å². The molecule has 2 amide bonds. The lowest BCUT2D eigenvalue weighted by Crippen LogP contribution is -2.43. The van der Waals surface area contributed by atoms with E-state index in [1.165, 1.54) is 18.3 Å². The summed E-state index contributed by atoms with van der Waals surface area (Å²) in [6.45, 7) is 2.19. The maximum Gasteiger partial charge on any atom is 0.490 e.